The molecule has 8 heteroatoms. The van der Waals surface area contributed by atoms with Gasteiger partial charge in [-0.2, -0.15) is 0 Å². The Morgan fingerprint density at radius 2 is 1.56 bits per heavy atom. The number of carboxylic acid groups (broad SMARTS) is 1. The van der Waals surface area contributed by atoms with Gasteiger partial charge in [-0.25, -0.2) is 10.2 Å². The molecule has 0 saturated heterocycles. The van der Waals surface area contributed by atoms with Crippen molar-refractivity contribution in [1.82, 2.24) is 10.9 Å². The number of hydrogen-bond acceptors (Lipinski definition) is 6. The lowest BCUT2D eigenvalue weighted by molar-refractivity contribution is -0.172. The number of hydrazine groups is 1. The van der Waals surface area contributed by atoms with Crippen LogP contribution in [0.25, 0.3) is 0 Å². The fraction of sp³-hybridized carbons (Fsp3) is 0.824. The van der Waals surface area contributed by atoms with E-state index in [2.05, 4.69) is 10.9 Å². The number of amides is 1. The summed E-state index contributed by atoms with van der Waals surface area (Å²) in [5.74, 6) is -2.71. The fourth-order valence-electron chi connectivity index (χ4n) is 2.79. The molecule has 2 atom stereocenters. The molecule has 2 unspecified atom stereocenters. The Kier molecular flexibility index (Phi) is 6.44. The highest BCUT2D eigenvalue weighted by molar-refractivity contribution is 5.88. The van der Waals surface area contributed by atoms with Gasteiger partial charge in [0.05, 0.1) is 5.92 Å². The molecule has 1 amide bonds. The molecule has 0 aromatic heterocycles. The van der Waals surface area contributed by atoms with E-state index >= 15 is 0 Å². The summed E-state index contributed by atoms with van der Waals surface area (Å²) in [7, 11) is 0. The summed E-state index contributed by atoms with van der Waals surface area (Å²) in [6.45, 7) is 10.3. The van der Waals surface area contributed by atoms with Gasteiger partial charge in [-0.3, -0.25) is 15.0 Å². The van der Waals surface area contributed by atoms with Crippen LogP contribution in [-0.4, -0.2) is 39.9 Å². The summed E-state index contributed by atoms with van der Waals surface area (Å²) in [5, 5.41) is 9.79. The largest absolute Gasteiger partial charge is 0.480 e. The molecule has 0 radical (unpaired) electrons. The lowest BCUT2D eigenvalue weighted by Crippen LogP contribution is -2.66. The Balaban J connectivity index is 2.96. The zero-order valence-corrected chi connectivity index (χ0v) is 15.9. The molecule has 0 aliphatic heterocycles. The molecule has 1 rings (SSSR count). The first kappa shape index (κ1) is 21.2. The molecule has 1 aliphatic carbocycles. The minimum absolute atomic E-state index is 0.196. The van der Waals surface area contributed by atoms with Crippen molar-refractivity contribution >= 4 is 18.0 Å². The van der Waals surface area contributed by atoms with E-state index in [0.717, 1.165) is 0 Å². The summed E-state index contributed by atoms with van der Waals surface area (Å²) in [4.78, 5) is 36.4. The third-order valence-corrected chi connectivity index (χ3v) is 3.77. The molecule has 8 nitrogen and oxygen atoms in total. The first-order valence-corrected chi connectivity index (χ1v) is 8.49. The van der Waals surface area contributed by atoms with Crippen molar-refractivity contribution in [3.63, 3.8) is 0 Å². The van der Waals surface area contributed by atoms with Crippen LogP contribution in [0.3, 0.4) is 0 Å². The van der Waals surface area contributed by atoms with Crippen molar-refractivity contribution < 1.29 is 29.0 Å². The van der Waals surface area contributed by atoms with E-state index in [-0.39, 0.29) is 6.42 Å². The zero-order chi connectivity index (χ0) is 19.5. The van der Waals surface area contributed by atoms with Crippen LogP contribution in [0.1, 0.15) is 67.2 Å². The van der Waals surface area contributed by atoms with Gasteiger partial charge >= 0.3 is 18.0 Å². The lowest BCUT2D eigenvalue weighted by atomic mass is 9.73. The molecule has 0 bridgehead atoms. The monoisotopic (exact) mass is 358 g/mol. The number of nitrogens with one attached hydrogen (secondary N) is 2. The molecule has 1 aliphatic rings. The van der Waals surface area contributed by atoms with E-state index in [9.17, 15) is 19.5 Å². The van der Waals surface area contributed by atoms with E-state index < -0.39 is 40.7 Å². The van der Waals surface area contributed by atoms with Crippen molar-refractivity contribution in [2.75, 3.05) is 0 Å². The maximum Gasteiger partial charge on any atom is 0.422 e. The maximum atomic E-state index is 12.5. The number of ether oxygens (including phenoxy) is 2. The smallest absolute Gasteiger partial charge is 0.422 e. The second-order valence-corrected chi connectivity index (χ2v) is 8.36. The van der Waals surface area contributed by atoms with Crippen LogP contribution in [0.15, 0.2) is 0 Å². The molecule has 1 saturated carbocycles. The molecule has 25 heavy (non-hydrogen) atoms. The Labute approximate surface area is 148 Å². The van der Waals surface area contributed by atoms with Crippen molar-refractivity contribution in [3.8, 4) is 0 Å². The fourth-order valence-corrected chi connectivity index (χ4v) is 2.79. The number of hydrogen-bond donors (Lipinski definition) is 3. The topological polar surface area (TPSA) is 114 Å². The number of carbonyl (C=O) groups is 3. The predicted octanol–water partition coefficient (Wildman–Crippen LogP) is 2.37. The second kappa shape index (κ2) is 7.59. The van der Waals surface area contributed by atoms with E-state index in [4.69, 9.17) is 9.47 Å². The zero-order valence-electron chi connectivity index (χ0n) is 15.9. The molecule has 0 aromatic carbocycles. The van der Waals surface area contributed by atoms with Gasteiger partial charge in [-0.1, -0.05) is 12.8 Å². The number of rotatable bonds is 4. The quantitative estimate of drug-likeness (QED) is 0.522. The molecule has 1 fully saturated rings. The minimum atomic E-state index is -1.63. The third-order valence-electron chi connectivity index (χ3n) is 3.77. The van der Waals surface area contributed by atoms with Crippen molar-refractivity contribution in [3.05, 3.63) is 0 Å². The van der Waals surface area contributed by atoms with Gasteiger partial charge < -0.3 is 14.6 Å². The van der Waals surface area contributed by atoms with E-state index in [0.29, 0.717) is 19.3 Å². The van der Waals surface area contributed by atoms with Gasteiger partial charge in [-0.05, 0) is 54.4 Å². The standard InChI is InChI=1S/C17H30N2O6/c1-15(2,3)24-12(20)11-9-7-8-10-17(11,13(21)22)19-18-14(23)25-16(4,5)6/h11,19H,7-10H2,1-6H3,(H,18,23)(H,21,22). The highest BCUT2D eigenvalue weighted by Gasteiger charge is 2.52. The van der Waals surface area contributed by atoms with Gasteiger partial charge in [-0.15, -0.1) is 0 Å². The van der Waals surface area contributed by atoms with E-state index in [1.807, 2.05) is 0 Å². The summed E-state index contributed by atoms with van der Waals surface area (Å²) < 4.78 is 10.5. The average molecular weight is 358 g/mol. The number of aliphatic carboxylic acids is 1. The first-order valence-electron chi connectivity index (χ1n) is 8.49. The summed E-state index contributed by atoms with van der Waals surface area (Å²) in [6.07, 6.45) is 1.09. The number of carbonyl (C=O) groups excluding carboxylic acids is 2. The molecular formula is C17H30N2O6. The van der Waals surface area contributed by atoms with Crippen molar-refractivity contribution in [2.24, 2.45) is 5.92 Å². The van der Waals surface area contributed by atoms with E-state index in [1.165, 1.54) is 0 Å². The number of carboxylic acids is 1. The van der Waals surface area contributed by atoms with Gasteiger partial charge in [0.2, 0.25) is 0 Å². The Hall–Kier alpha value is -1.83. The van der Waals surface area contributed by atoms with Crippen molar-refractivity contribution in [1.29, 1.82) is 0 Å². The van der Waals surface area contributed by atoms with Crippen molar-refractivity contribution in [2.45, 2.75) is 84.0 Å². The van der Waals surface area contributed by atoms with Crippen LogP contribution >= 0.6 is 0 Å². The summed E-state index contributed by atoms with van der Waals surface area (Å²) in [5.41, 5.74) is 1.75. The Bertz CT molecular complexity index is 520. The first-order chi connectivity index (χ1) is 11.3. The van der Waals surface area contributed by atoms with Crippen LogP contribution in [0, 0.1) is 5.92 Å². The Morgan fingerprint density at radius 3 is 2.04 bits per heavy atom. The lowest BCUT2D eigenvalue weighted by Gasteiger charge is -2.40. The summed E-state index contributed by atoms with van der Waals surface area (Å²) >= 11 is 0. The van der Waals surface area contributed by atoms with Crippen LogP contribution < -0.4 is 10.9 Å². The number of esters is 1. The molecule has 0 aromatic rings. The molecule has 0 heterocycles. The molecule has 0 spiro atoms. The normalized spacial score (nSPS) is 24.3. The van der Waals surface area contributed by atoms with Gasteiger partial charge in [0.25, 0.3) is 0 Å². The Morgan fingerprint density at radius 1 is 1.00 bits per heavy atom. The SMILES string of the molecule is CC(C)(C)OC(=O)NNC1(C(=O)O)CCCCC1C(=O)OC(C)(C)C. The van der Waals surface area contributed by atoms with Crippen LogP contribution in [-0.2, 0) is 19.1 Å². The molecule has 3 N–H and O–H groups in total. The van der Waals surface area contributed by atoms with Gasteiger partial charge in [0.15, 0.2) is 0 Å². The van der Waals surface area contributed by atoms with Crippen LogP contribution in [0.2, 0.25) is 0 Å². The minimum Gasteiger partial charge on any atom is -0.480 e. The summed E-state index contributed by atoms with van der Waals surface area (Å²) in [6, 6.07) is 0. The van der Waals surface area contributed by atoms with Gasteiger partial charge in [0, 0.05) is 0 Å². The second-order valence-electron chi connectivity index (χ2n) is 8.36. The van der Waals surface area contributed by atoms with E-state index in [1.54, 1.807) is 41.5 Å². The molecular weight excluding hydrogens is 328 g/mol. The van der Waals surface area contributed by atoms with Crippen LogP contribution in [0.5, 0.6) is 0 Å². The third kappa shape index (κ3) is 6.19. The maximum absolute atomic E-state index is 12.5. The van der Waals surface area contributed by atoms with Gasteiger partial charge in [0.1, 0.15) is 16.7 Å². The highest BCUT2D eigenvalue weighted by atomic mass is 16.6. The molecule has 144 valence electrons. The average Bonchev–Trinajstić information content (AvgIpc) is 2.41. The highest BCUT2D eigenvalue weighted by Crippen LogP contribution is 2.35. The predicted molar refractivity (Wildman–Crippen MR) is 90.7 cm³/mol. The van der Waals surface area contributed by atoms with Crippen LogP contribution in [0.4, 0.5) is 4.79 Å².